The second-order valence-electron chi connectivity index (χ2n) is 3.96. The fraction of sp³-hybridized carbons (Fsp3) is 0.909. The predicted molar refractivity (Wildman–Crippen MR) is 56.6 cm³/mol. The van der Waals surface area contributed by atoms with Crippen molar-refractivity contribution in [2.45, 2.75) is 58.9 Å². The Balaban J connectivity index is 0.000000424. The SMILES string of the molecule is CC1CCCC(NC=O)C1.CCC. The number of carbonyl (C=O) groups is 1. The molecule has 0 aromatic carbocycles. The quantitative estimate of drug-likeness (QED) is 0.658. The molecule has 1 N–H and O–H groups in total. The van der Waals surface area contributed by atoms with E-state index < -0.39 is 0 Å². The maximum Gasteiger partial charge on any atom is 0.207 e. The molecule has 1 aliphatic rings. The van der Waals surface area contributed by atoms with Gasteiger partial charge in [0.25, 0.3) is 0 Å². The summed E-state index contributed by atoms with van der Waals surface area (Å²) in [5.74, 6) is 0.797. The van der Waals surface area contributed by atoms with Crippen molar-refractivity contribution >= 4 is 6.41 Å². The van der Waals surface area contributed by atoms with Gasteiger partial charge in [0.15, 0.2) is 0 Å². The van der Waals surface area contributed by atoms with Crippen molar-refractivity contribution in [1.82, 2.24) is 5.32 Å². The minimum atomic E-state index is 0.459. The molecule has 2 nitrogen and oxygen atoms in total. The van der Waals surface area contributed by atoms with E-state index >= 15 is 0 Å². The van der Waals surface area contributed by atoms with Crippen LogP contribution in [0.1, 0.15) is 52.9 Å². The highest BCUT2D eigenvalue weighted by molar-refractivity contribution is 5.46. The van der Waals surface area contributed by atoms with Gasteiger partial charge in [0, 0.05) is 6.04 Å². The molecule has 78 valence electrons. The molecule has 2 heteroatoms. The van der Waals surface area contributed by atoms with Gasteiger partial charge in [-0.15, -0.1) is 0 Å². The Bertz CT molecular complexity index is 125. The van der Waals surface area contributed by atoms with E-state index in [-0.39, 0.29) is 0 Å². The molecular weight excluding hydrogens is 162 g/mol. The summed E-state index contributed by atoms with van der Waals surface area (Å²) < 4.78 is 0. The van der Waals surface area contributed by atoms with Crippen LogP contribution in [0.25, 0.3) is 0 Å². The summed E-state index contributed by atoms with van der Waals surface area (Å²) >= 11 is 0. The molecule has 0 aliphatic heterocycles. The van der Waals surface area contributed by atoms with Crippen LogP contribution < -0.4 is 5.32 Å². The maximum absolute atomic E-state index is 10.1. The highest BCUT2D eigenvalue weighted by Gasteiger charge is 2.17. The molecule has 0 aromatic rings. The van der Waals surface area contributed by atoms with Gasteiger partial charge in [0.1, 0.15) is 0 Å². The van der Waals surface area contributed by atoms with Crippen molar-refractivity contribution in [3.8, 4) is 0 Å². The molecule has 2 atom stereocenters. The fourth-order valence-electron chi connectivity index (χ4n) is 1.68. The molecule has 1 fully saturated rings. The van der Waals surface area contributed by atoms with Gasteiger partial charge in [-0.3, -0.25) is 4.79 Å². The molecule has 0 heterocycles. The Morgan fingerprint density at radius 1 is 1.38 bits per heavy atom. The van der Waals surface area contributed by atoms with E-state index in [1.807, 2.05) is 0 Å². The zero-order valence-corrected chi connectivity index (χ0v) is 9.18. The van der Waals surface area contributed by atoms with E-state index in [2.05, 4.69) is 26.1 Å². The first-order valence-electron chi connectivity index (χ1n) is 5.44. The monoisotopic (exact) mass is 185 g/mol. The molecule has 1 rings (SSSR count). The fourth-order valence-corrected chi connectivity index (χ4v) is 1.68. The smallest absolute Gasteiger partial charge is 0.207 e. The van der Waals surface area contributed by atoms with Gasteiger partial charge in [0.05, 0.1) is 0 Å². The maximum atomic E-state index is 10.1. The van der Waals surface area contributed by atoms with Crippen molar-refractivity contribution in [2.75, 3.05) is 0 Å². The Kier molecular flexibility index (Phi) is 7.76. The van der Waals surface area contributed by atoms with Gasteiger partial charge < -0.3 is 5.32 Å². The molecule has 0 bridgehead atoms. The zero-order chi connectivity index (χ0) is 10.1. The van der Waals surface area contributed by atoms with E-state index in [1.165, 1.54) is 32.1 Å². The number of nitrogens with one attached hydrogen (secondary N) is 1. The van der Waals surface area contributed by atoms with Crippen molar-refractivity contribution < 1.29 is 4.79 Å². The Morgan fingerprint density at radius 3 is 2.46 bits per heavy atom. The highest BCUT2D eigenvalue weighted by atomic mass is 16.1. The predicted octanol–water partition coefficient (Wildman–Crippen LogP) is 2.73. The molecule has 1 amide bonds. The Hall–Kier alpha value is -0.530. The topological polar surface area (TPSA) is 29.1 Å². The summed E-state index contributed by atoms with van der Waals surface area (Å²) in [5.41, 5.74) is 0. The summed E-state index contributed by atoms with van der Waals surface area (Å²) in [5, 5.41) is 2.83. The summed E-state index contributed by atoms with van der Waals surface area (Å²) in [7, 11) is 0. The molecule has 0 spiro atoms. The van der Waals surface area contributed by atoms with E-state index in [4.69, 9.17) is 0 Å². The number of hydrogen-bond donors (Lipinski definition) is 1. The van der Waals surface area contributed by atoms with Crippen molar-refractivity contribution in [3.63, 3.8) is 0 Å². The Labute approximate surface area is 82.1 Å². The van der Waals surface area contributed by atoms with Crippen molar-refractivity contribution in [1.29, 1.82) is 0 Å². The lowest BCUT2D eigenvalue weighted by Crippen LogP contribution is -2.32. The van der Waals surface area contributed by atoms with Crippen LogP contribution >= 0.6 is 0 Å². The van der Waals surface area contributed by atoms with Gasteiger partial charge in [-0.05, 0) is 18.8 Å². The van der Waals surface area contributed by atoms with Crippen LogP contribution in [0.2, 0.25) is 0 Å². The summed E-state index contributed by atoms with van der Waals surface area (Å²) in [6.07, 6.45) is 7.01. The van der Waals surface area contributed by atoms with Gasteiger partial charge in [-0.25, -0.2) is 0 Å². The largest absolute Gasteiger partial charge is 0.356 e. The third-order valence-electron chi connectivity index (χ3n) is 2.24. The normalized spacial score (nSPS) is 27.0. The summed E-state index contributed by atoms with van der Waals surface area (Å²) in [6, 6.07) is 0.459. The van der Waals surface area contributed by atoms with Crippen LogP contribution in [0.15, 0.2) is 0 Å². The highest BCUT2D eigenvalue weighted by Crippen LogP contribution is 2.22. The second kappa shape index (κ2) is 8.09. The van der Waals surface area contributed by atoms with Gasteiger partial charge in [0.2, 0.25) is 6.41 Å². The van der Waals surface area contributed by atoms with Gasteiger partial charge in [-0.1, -0.05) is 40.0 Å². The molecule has 1 saturated carbocycles. The van der Waals surface area contributed by atoms with Crippen LogP contribution in [0.5, 0.6) is 0 Å². The minimum absolute atomic E-state index is 0.459. The Morgan fingerprint density at radius 2 is 2.00 bits per heavy atom. The van der Waals surface area contributed by atoms with E-state index in [0.29, 0.717) is 6.04 Å². The first-order chi connectivity index (χ1) is 6.24. The number of carbonyl (C=O) groups excluding carboxylic acids is 1. The van der Waals surface area contributed by atoms with Crippen LogP contribution in [0, 0.1) is 5.92 Å². The second-order valence-corrected chi connectivity index (χ2v) is 3.96. The average Bonchev–Trinajstić information content (AvgIpc) is 2.06. The summed E-state index contributed by atoms with van der Waals surface area (Å²) in [4.78, 5) is 10.1. The van der Waals surface area contributed by atoms with E-state index in [0.717, 1.165) is 12.3 Å². The number of amides is 1. The lowest BCUT2D eigenvalue weighted by Gasteiger charge is -2.25. The third-order valence-corrected chi connectivity index (χ3v) is 2.24. The molecule has 0 radical (unpaired) electrons. The summed E-state index contributed by atoms with van der Waals surface area (Å²) in [6.45, 7) is 6.50. The molecule has 0 aromatic heterocycles. The van der Waals surface area contributed by atoms with E-state index in [9.17, 15) is 4.79 Å². The van der Waals surface area contributed by atoms with E-state index in [1.54, 1.807) is 0 Å². The lowest BCUT2D eigenvalue weighted by atomic mass is 9.87. The number of rotatable bonds is 2. The first kappa shape index (κ1) is 12.5. The van der Waals surface area contributed by atoms with Crippen LogP contribution in [-0.4, -0.2) is 12.5 Å². The van der Waals surface area contributed by atoms with Crippen molar-refractivity contribution in [3.05, 3.63) is 0 Å². The van der Waals surface area contributed by atoms with Crippen LogP contribution in [0.3, 0.4) is 0 Å². The molecule has 2 unspecified atom stereocenters. The molecule has 0 saturated heterocycles. The van der Waals surface area contributed by atoms with Crippen molar-refractivity contribution in [2.24, 2.45) is 5.92 Å². The standard InChI is InChI=1S/C8H15NO.C3H8/c1-7-3-2-4-8(5-7)9-6-10;1-3-2/h6-8H,2-5H2,1H3,(H,9,10);3H2,1-2H3. The first-order valence-corrected chi connectivity index (χ1v) is 5.44. The minimum Gasteiger partial charge on any atom is -0.356 e. The van der Waals surface area contributed by atoms with Gasteiger partial charge >= 0.3 is 0 Å². The average molecular weight is 185 g/mol. The van der Waals surface area contributed by atoms with Gasteiger partial charge in [-0.2, -0.15) is 0 Å². The van der Waals surface area contributed by atoms with Crippen LogP contribution in [-0.2, 0) is 4.79 Å². The molecule has 13 heavy (non-hydrogen) atoms. The third kappa shape index (κ3) is 6.62. The molecule has 1 aliphatic carbocycles. The number of hydrogen-bond acceptors (Lipinski definition) is 1. The zero-order valence-electron chi connectivity index (χ0n) is 9.18. The lowest BCUT2D eigenvalue weighted by molar-refractivity contribution is -0.110. The van der Waals surface area contributed by atoms with Crippen LogP contribution in [0.4, 0.5) is 0 Å². The molecular formula is C11H23NO.